The highest BCUT2D eigenvalue weighted by atomic mass is 19.1. The first-order valence-corrected chi connectivity index (χ1v) is 12.3. The summed E-state index contributed by atoms with van der Waals surface area (Å²) in [5.41, 5.74) is 5.82. The molecule has 0 aliphatic carbocycles. The Hall–Kier alpha value is -4.72. The first-order chi connectivity index (χ1) is 18.2. The summed E-state index contributed by atoms with van der Waals surface area (Å²) in [4.78, 5) is 40.6. The number of hydrogen-bond donors (Lipinski definition) is 2. The Balaban J connectivity index is 1.57. The van der Waals surface area contributed by atoms with Crippen LogP contribution in [0, 0.1) is 26.6 Å². The Morgan fingerprint density at radius 1 is 0.895 bits per heavy atom. The number of imide groups is 1. The molecule has 38 heavy (non-hydrogen) atoms. The second-order valence-electron chi connectivity index (χ2n) is 9.48. The number of aromatic amines is 1. The van der Waals surface area contributed by atoms with Gasteiger partial charge < -0.3 is 5.32 Å². The molecule has 4 aromatic rings. The van der Waals surface area contributed by atoms with E-state index in [0.29, 0.717) is 23.4 Å². The van der Waals surface area contributed by atoms with Crippen LogP contribution < -0.4 is 10.9 Å². The van der Waals surface area contributed by atoms with Crippen LogP contribution >= 0.6 is 0 Å². The predicted molar refractivity (Wildman–Crippen MR) is 143 cm³/mol. The Labute approximate surface area is 219 Å². The zero-order valence-electron chi connectivity index (χ0n) is 21.3. The number of amides is 3. The van der Waals surface area contributed by atoms with Crippen molar-refractivity contribution in [3.63, 3.8) is 0 Å². The van der Waals surface area contributed by atoms with Crippen LogP contribution in [-0.4, -0.2) is 26.6 Å². The molecule has 0 atom stereocenters. The van der Waals surface area contributed by atoms with Gasteiger partial charge in [-0.05, 0) is 72.9 Å². The van der Waals surface area contributed by atoms with E-state index in [-0.39, 0.29) is 23.4 Å². The Morgan fingerprint density at radius 3 is 2.39 bits per heavy atom. The average Bonchev–Trinajstić information content (AvgIpc) is 3.33. The van der Waals surface area contributed by atoms with Crippen molar-refractivity contribution in [1.82, 2.24) is 20.0 Å². The van der Waals surface area contributed by atoms with Crippen molar-refractivity contribution in [2.24, 2.45) is 0 Å². The first-order valence-electron chi connectivity index (χ1n) is 12.3. The number of hydrogen-bond acceptors (Lipinski definition) is 3. The summed E-state index contributed by atoms with van der Waals surface area (Å²) in [6, 6.07) is 18.7. The second-order valence-corrected chi connectivity index (χ2v) is 9.48. The van der Waals surface area contributed by atoms with E-state index >= 15 is 0 Å². The molecule has 192 valence electrons. The molecule has 3 aromatic carbocycles. The Kier molecular flexibility index (Phi) is 6.55. The van der Waals surface area contributed by atoms with Gasteiger partial charge in [-0.1, -0.05) is 48.5 Å². The minimum Gasteiger partial charge on any atom is -0.303 e. The number of aromatic nitrogens is 2. The molecule has 7 nitrogen and oxygen atoms in total. The van der Waals surface area contributed by atoms with Crippen LogP contribution in [0.25, 0.3) is 11.8 Å². The van der Waals surface area contributed by atoms with Gasteiger partial charge in [0, 0.05) is 12.1 Å². The quantitative estimate of drug-likeness (QED) is 0.285. The molecule has 3 amide bonds. The lowest BCUT2D eigenvalue weighted by molar-refractivity contribution is -0.123. The second kappa shape index (κ2) is 9.97. The fraction of sp³-hybridized carbons (Fsp3) is 0.167. The van der Waals surface area contributed by atoms with Gasteiger partial charge in [-0.25, -0.2) is 13.9 Å². The highest BCUT2D eigenvalue weighted by Crippen LogP contribution is 2.22. The van der Waals surface area contributed by atoms with Crippen molar-refractivity contribution in [3.05, 3.63) is 128 Å². The third-order valence-corrected chi connectivity index (χ3v) is 6.93. The van der Waals surface area contributed by atoms with E-state index in [1.807, 2.05) is 63.2 Å². The van der Waals surface area contributed by atoms with E-state index in [9.17, 15) is 18.8 Å². The molecule has 5 rings (SSSR count). The maximum atomic E-state index is 13.7. The van der Waals surface area contributed by atoms with Crippen molar-refractivity contribution < 1.29 is 14.0 Å². The number of nitrogens with zero attached hydrogens (tertiary/aromatic N) is 2. The van der Waals surface area contributed by atoms with Gasteiger partial charge in [0.05, 0.1) is 17.8 Å². The van der Waals surface area contributed by atoms with Crippen LogP contribution in [0.2, 0.25) is 0 Å². The van der Waals surface area contributed by atoms with Gasteiger partial charge in [0.2, 0.25) is 0 Å². The number of aryl methyl sites for hydroxylation is 2. The van der Waals surface area contributed by atoms with Gasteiger partial charge in [0.1, 0.15) is 11.5 Å². The lowest BCUT2D eigenvalue weighted by Crippen LogP contribution is -2.30. The van der Waals surface area contributed by atoms with Crippen LogP contribution in [-0.2, 0) is 17.8 Å². The van der Waals surface area contributed by atoms with Crippen molar-refractivity contribution in [1.29, 1.82) is 0 Å². The summed E-state index contributed by atoms with van der Waals surface area (Å²) < 4.78 is 15.1. The Bertz CT molecular complexity index is 1660. The maximum Gasteiger partial charge on any atom is 0.329 e. The third kappa shape index (κ3) is 4.68. The summed E-state index contributed by atoms with van der Waals surface area (Å²) >= 11 is 0. The normalized spacial score (nSPS) is 14.4. The standard InChI is InChI=1S/C30H27FN4O3/c1-18-9-6-13-27(20(18)3)35-28(36)24(25(33-35)15-22-11-5-4-8-19(22)2)16-26-29(37)34(30(38)32-26)17-21-10-7-12-23(31)14-21/h4-14,16,33H,15,17H2,1-3H3,(H,32,38). The molecule has 0 saturated carbocycles. The van der Waals surface area contributed by atoms with Gasteiger partial charge in [0.25, 0.3) is 11.5 Å². The fourth-order valence-electron chi connectivity index (χ4n) is 4.60. The molecule has 0 radical (unpaired) electrons. The number of halogens is 1. The molecule has 1 aromatic heterocycles. The fourth-order valence-corrected chi connectivity index (χ4v) is 4.60. The number of benzene rings is 3. The topological polar surface area (TPSA) is 87.2 Å². The van der Waals surface area contributed by atoms with E-state index in [0.717, 1.165) is 27.2 Å². The summed E-state index contributed by atoms with van der Waals surface area (Å²) in [7, 11) is 0. The van der Waals surface area contributed by atoms with E-state index in [1.165, 1.54) is 29.0 Å². The zero-order valence-corrected chi connectivity index (χ0v) is 21.3. The zero-order chi connectivity index (χ0) is 27.0. The molecular weight excluding hydrogens is 483 g/mol. The van der Waals surface area contributed by atoms with Gasteiger partial charge in [-0.2, -0.15) is 0 Å². The summed E-state index contributed by atoms with van der Waals surface area (Å²) in [5.74, 6) is -1.04. The van der Waals surface area contributed by atoms with E-state index < -0.39 is 17.8 Å². The van der Waals surface area contributed by atoms with Gasteiger partial charge in [-0.15, -0.1) is 0 Å². The monoisotopic (exact) mass is 510 g/mol. The highest BCUT2D eigenvalue weighted by molar-refractivity contribution is 6.13. The lowest BCUT2D eigenvalue weighted by atomic mass is 10.0. The molecular formula is C30H27FN4O3. The SMILES string of the molecule is Cc1ccccc1Cc1[nH]n(-c2cccc(C)c2C)c(=O)c1C=C1NC(=O)N(Cc2cccc(F)c2)C1=O. The molecule has 1 aliphatic heterocycles. The number of carbonyl (C=O) groups is 2. The van der Waals surface area contributed by atoms with Crippen molar-refractivity contribution in [2.45, 2.75) is 33.7 Å². The van der Waals surface area contributed by atoms with E-state index in [4.69, 9.17) is 0 Å². The summed E-state index contributed by atoms with van der Waals surface area (Å²) in [6.07, 6.45) is 1.86. The largest absolute Gasteiger partial charge is 0.329 e. The van der Waals surface area contributed by atoms with Crippen molar-refractivity contribution >= 4 is 18.0 Å². The average molecular weight is 511 g/mol. The smallest absolute Gasteiger partial charge is 0.303 e. The minimum absolute atomic E-state index is 0.0124. The van der Waals surface area contributed by atoms with Crippen LogP contribution in [0.1, 0.15) is 39.1 Å². The Morgan fingerprint density at radius 2 is 1.63 bits per heavy atom. The molecule has 2 heterocycles. The summed E-state index contributed by atoms with van der Waals surface area (Å²) in [6.45, 7) is 5.83. The van der Waals surface area contributed by atoms with Crippen molar-refractivity contribution in [3.8, 4) is 5.69 Å². The van der Waals surface area contributed by atoms with E-state index in [1.54, 1.807) is 6.07 Å². The van der Waals surface area contributed by atoms with Crippen LogP contribution in [0.15, 0.2) is 77.2 Å². The van der Waals surface area contributed by atoms with Gasteiger partial charge >= 0.3 is 6.03 Å². The lowest BCUT2D eigenvalue weighted by Gasteiger charge is -2.11. The molecule has 2 N–H and O–H groups in total. The summed E-state index contributed by atoms with van der Waals surface area (Å²) in [5, 5.41) is 5.83. The third-order valence-electron chi connectivity index (χ3n) is 6.93. The van der Waals surface area contributed by atoms with E-state index in [2.05, 4.69) is 10.4 Å². The molecule has 8 heteroatoms. The van der Waals surface area contributed by atoms with Gasteiger partial charge in [-0.3, -0.25) is 19.6 Å². The molecule has 0 bridgehead atoms. The van der Waals surface area contributed by atoms with Crippen LogP contribution in [0.3, 0.4) is 0 Å². The number of H-pyrrole nitrogens is 1. The predicted octanol–water partition coefficient (Wildman–Crippen LogP) is 4.91. The molecule has 1 aliphatic rings. The van der Waals surface area contributed by atoms with Crippen LogP contribution in [0.5, 0.6) is 0 Å². The number of urea groups is 1. The number of nitrogens with one attached hydrogen (secondary N) is 2. The number of carbonyl (C=O) groups excluding carboxylic acids is 2. The molecule has 0 spiro atoms. The number of rotatable bonds is 6. The first kappa shape index (κ1) is 25.0. The molecule has 1 saturated heterocycles. The van der Waals surface area contributed by atoms with Crippen molar-refractivity contribution in [2.75, 3.05) is 0 Å². The van der Waals surface area contributed by atoms with Crippen LogP contribution in [0.4, 0.5) is 9.18 Å². The molecule has 0 unspecified atom stereocenters. The molecule has 1 fully saturated rings. The maximum absolute atomic E-state index is 13.7. The van der Waals surface area contributed by atoms with Gasteiger partial charge in [0.15, 0.2) is 0 Å². The minimum atomic E-state index is -0.628. The highest BCUT2D eigenvalue weighted by Gasteiger charge is 2.34.